The SMILES string of the molecule is C=c1cc/c(=C\CC)n1C(C)(C)C(C)(C)C. The van der Waals surface area contributed by atoms with Crippen molar-refractivity contribution in [3.8, 4) is 0 Å². The molecule has 1 aromatic rings. The summed E-state index contributed by atoms with van der Waals surface area (Å²) < 4.78 is 2.36. The zero-order chi connectivity index (χ0) is 12.6. The molecule has 0 amide bonds. The van der Waals surface area contributed by atoms with Crippen LogP contribution in [0.2, 0.25) is 0 Å². The van der Waals surface area contributed by atoms with E-state index in [4.69, 9.17) is 0 Å². The van der Waals surface area contributed by atoms with Gasteiger partial charge in [-0.15, -0.1) is 0 Å². The Labute approximate surface area is 99.5 Å². The van der Waals surface area contributed by atoms with Crippen LogP contribution in [0.5, 0.6) is 0 Å². The molecule has 0 atom stereocenters. The van der Waals surface area contributed by atoms with Gasteiger partial charge < -0.3 is 4.57 Å². The first-order chi connectivity index (χ1) is 7.21. The molecule has 0 saturated heterocycles. The van der Waals surface area contributed by atoms with E-state index in [1.54, 1.807) is 0 Å². The summed E-state index contributed by atoms with van der Waals surface area (Å²) in [5.74, 6) is 0. The van der Waals surface area contributed by atoms with Gasteiger partial charge >= 0.3 is 0 Å². The van der Waals surface area contributed by atoms with Gasteiger partial charge in [0.2, 0.25) is 0 Å². The molecule has 0 aliphatic rings. The minimum Gasteiger partial charge on any atom is -0.336 e. The number of rotatable bonds is 2. The molecule has 1 aromatic heterocycles. The fourth-order valence-electron chi connectivity index (χ4n) is 1.88. The minimum absolute atomic E-state index is 0.0641. The number of hydrogen-bond donors (Lipinski definition) is 0. The molecule has 90 valence electrons. The molecule has 0 fully saturated rings. The summed E-state index contributed by atoms with van der Waals surface area (Å²) in [5, 5.41) is 2.38. The fourth-order valence-corrected chi connectivity index (χ4v) is 1.88. The van der Waals surface area contributed by atoms with Crippen molar-refractivity contribution in [2.45, 2.75) is 53.5 Å². The lowest BCUT2D eigenvalue weighted by Gasteiger charge is -2.41. The first kappa shape index (κ1) is 13.1. The molecular formula is C15H25N. The van der Waals surface area contributed by atoms with E-state index >= 15 is 0 Å². The van der Waals surface area contributed by atoms with Gasteiger partial charge in [0.05, 0.1) is 0 Å². The van der Waals surface area contributed by atoms with E-state index < -0.39 is 0 Å². The van der Waals surface area contributed by atoms with Gasteiger partial charge in [-0.25, -0.2) is 0 Å². The topological polar surface area (TPSA) is 4.93 Å². The molecule has 0 radical (unpaired) electrons. The Bertz CT molecular complexity index is 455. The Morgan fingerprint density at radius 2 is 1.75 bits per heavy atom. The van der Waals surface area contributed by atoms with Gasteiger partial charge in [0, 0.05) is 16.2 Å². The average Bonchev–Trinajstić information content (AvgIpc) is 2.46. The van der Waals surface area contributed by atoms with Gasteiger partial charge in [-0.2, -0.15) is 0 Å². The van der Waals surface area contributed by atoms with Crippen molar-refractivity contribution in [1.29, 1.82) is 0 Å². The van der Waals surface area contributed by atoms with Crippen LogP contribution in [-0.4, -0.2) is 4.57 Å². The van der Waals surface area contributed by atoms with E-state index in [0.717, 1.165) is 11.8 Å². The molecule has 0 bridgehead atoms. The van der Waals surface area contributed by atoms with Crippen LogP contribution in [0.25, 0.3) is 12.7 Å². The summed E-state index contributed by atoms with van der Waals surface area (Å²) in [4.78, 5) is 0. The van der Waals surface area contributed by atoms with Crippen LogP contribution in [0.3, 0.4) is 0 Å². The van der Waals surface area contributed by atoms with Gasteiger partial charge in [-0.05, 0) is 37.8 Å². The molecule has 0 N–H and O–H groups in total. The van der Waals surface area contributed by atoms with E-state index in [9.17, 15) is 0 Å². The fraction of sp³-hybridized carbons (Fsp3) is 0.600. The second-order valence-electron chi connectivity index (χ2n) is 6.01. The molecule has 1 rings (SSSR count). The Balaban J connectivity index is 3.50. The third-order valence-electron chi connectivity index (χ3n) is 3.80. The van der Waals surface area contributed by atoms with Crippen LogP contribution in [0.15, 0.2) is 12.1 Å². The van der Waals surface area contributed by atoms with E-state index in [2.05, 4.69) is 70.9 Å². The molecular weight excluding hydrogens is 194 g/mol. The van der Waals surface area contributed by atoms with Crippen LogP contribution in [0, 0.1) is 5.41 Å². The predicted molar refractivity (Wildman–Crippen MR) is 72.7 cm³/mol. The maximum absolute atomic E-state index is 4.15. The molecule has 0 aliphatic heterocycles. The number of aromatic nitrogens is 1. The highest BCUT2D eigenvalue weighted by Crippen LogP contribution is 2.34. The molecule has 0 unspecified atom stereocenters. The highest BCUT2D eigenvalue weighted by molar-refractivity contribution is 5.22. The highest BCUT2D eigenvalue weighted by Gasteiger charge is 2.34. The van der Waals surface area contributed by atoms with Crippen molar-refractivity contribution < 1.29 is 0 Å². The standard InChI is InChI=1S/C15H25N/c1-8-9-13-11-10-12(2)16(13)15(6,7)14(3,4)5/h9-11H,2,8H2,1,3-7H3/b13-9+. The molecule has 0 aliphatic carbocycles. The molecule has 16 heavy (non-hydrogen) atoms. The van der Waals surface area contributed by atoms with Crippen molar-refractivity contribution in [2.24, 2.45) is 5.41 Å². The molecule has 1 heterocycles. The maximum Gasteiger partial charge on any atom is 0.0443 e. The van der Waals surface area contributed by atoms with Crippen molar-refractivity contribution >= 4 is 12.7 Å². The molecule has 0 saturated carbocycles. The average molecular weight is 219 g/mol. The minimum atomic E-state index is 0.0641. The van der Waals surface area contributed by atoms with Gasteiger partial charge in [0.1, 0.15) is 0 Å². The van der Waals surface area contributed by atoms with Gasteiger partial charge in [0.15, 0.2) is 0 Å². The predicted octanol–water partition coefficient (Wildman–Crippen LogP) is 2.87. The Morgan fingerprint density at radius 1 is 1.19 bits per heavy atom. The lowest BCUT2D eigenvalue weighted by atomic mass is 9.76. The van der Waals surface area contributed by atoms with Crippen molar-refractivity contribution in [3.63, 3.8) is 0 Å². The van der Waals surface area contributed by atoms with Crippen molar-refractivity contribution in [1.82, 2.24) is 4.57 Å². The molecule has 1 nitrogen and oxygen atoms in total. The lowest BCUT2D eigenvalue weighted by molar-refractivity contribution is 0.134. The summed E-state index contributed by atoms with van der Waals surface area (Å²) in [7, 11) is 0. The third kappa shape index (κ3) is 2.09. The van der Waals surface area contributed by atoms with Crippen LogP contribution < -0.4 is 10.7 Å². The summed E-state index contributed by atoms with van der Waals surface area (Å²) in [6, 6.07) is 4.27. The largest absolute Gasteiger partial charge is 0.336 e. The quantitative estimate of drug-likeness (QED) is 0.721. The lowest BCUT2D eigenvalue weighted by Crippen LogP contribution is -2.49. The Kier molecular flexibility index (Phi) is 3.37. The second-order valence-corrected chi connectivity index (χ2v) is 6.01. The summed E-state index contributed by atoms with van der Waals surface area (Å²) in [6.07, 6.45) is 3.33. The van der Waals surface area contributed by atoms with Gasteiger partial charge in [0.25, 0.3) is 0 Å². The first-order valence-electron chi connectivity index (χ1n) is 6.09. The normalized spacial score (nSPS) is 14.5. The van der Waals surface area contributed by atoms with Gasteiger partial charge in [-0.3, -0.25) is 0 Å². The number of hydrogen-bond acceptors (Lipinski definition) is 0. The van der Waals surface area contributed by atoms with Crippen LogP contribution in [0.4, 0.5) is 0 Å². The Morgan fingerprint density at radius 3 is 2.19 bits per heavy atom. The maximum atomic E-state index is 4.15. The van der Waals surface area contributed by atoms with Gasteiger partial charge in [-0.1, -0.05) is 40.3 Å². The summed E-state index contributed by atoms with van der Waals surface area (Å²) in [5.41, 5.74) is 0.267. The molecule has 0 spiro atoms. The van der Waals surface area contributed by atoms with Crippen molar-refractivity contribution in [2.75, 3.05) is 0 Å². The summed E-state index contributed by atoms with van der Waals surface area (Å²) >= 11 is 0. The van der Waals surface area contributed by atoms with Crippen LogP contribution in [0.1, 0.15) is 48.0 Å². The van der Waals surface area contributed by atoms with Crippen molar-refractivity contribution in [3.05, 3.63) is 22.8 Å². The van der Waals surface area contributed by atoms with E-state index in [0.29, 0.717) is 0 Å². The zero-order valence-electron chi connectivity index (χ0n) is 11.6. The molecule has 0 aromatic carbocycles. The third-order valence-corrected chi connectivity index (χ3v) is 3.80. The van der Waals surface area contributed by atoms with E-state index in [1.807, 2.05) is 0 Å². The van der Waals surface area contributed by atoms with E-state index in [1.165, 1.54) is 5.35 Å². The smallest absolute Gasteiger partial charge is 0.0443 e. The second kappa shape index (κ2) is 4.12. The Hall–Kier alpha value is -0.980. The van der Waals surface area contributed by atoms with Crippen LogP contribution in [-0.2, 0) is 5.54 Å². The molecule has 1 heteroatoms. The summed E-state index contributed by atoms with van der Waals surface area (Å²) in [6.45, 7) is 17.7. The monoisotopic (exact) mass is 219 g/mol. The first-order valence-corrected chi connectivity index (χ1v) is 6.09. The van der Waals surface area contributed by atoms with E-state index in [-0.39, 0.29) is 11.0 Å². The van der Waals surface area contributed by atoms with Crippen LogP contribution >= 0.6 is 0 Å². The highest BCUT2D eigenvalue weighted by atomic mass is 15.1. The zero-order valence-corrected chi connectivity index (χ0v) is 11.6. The number of nitrogens with zero attached hydrogens (tertiary/aromatic N) is 1.